The molecule has 0 bridgehead atoms. The van der Waals surface area contributed by atoms with E-state index >= 15 is 0 Å². The summed E-state index contributed by atoms with van der Waals surface area (Å²) in [7, 11) is 0. The van der Waals surface area contributed by atoms with Crippen molar-refractivity contribution in [3.63, 3.8) is 0 Å². The van der Waals surface area contributed by atoms with Crippen LogP contribution in [0.1, 0.15) is 18.1 Å². The molecular weight excluding hydrogens is 156 g/mol. The third kappa shape index (κ3) is 1.28. The first-order valence-electron chi connectivity index (χ1n) is 4.03. The van der Waals surface area contributed by atoms with E-state index in [0.29, 0.717) is 0 Å². The van der Waals surface area contributed by atoms with Crippen LogP contribution in [0.2, 0.25) is 5.02 Å². The van der Waals surface area contributed by atoms with Crippen LogP contribution in [0.5, 0.6) is 0 Å². The number of rotatable bonds is 0. The molecule has 0 aromatic heterocycles. The summed E-state index contributed by atoms with van der Waals surface area (Å²) in [5.41, 5.74) is 2.94. The average molecular weight is 167 g/mol. The van der Waals surface area contributed by atoms with Gasteiger partial charge in [0.2, 0.25) is 0 Å². The minimum Gasteiger partial charge on any atom is -0.0843 e. The quantitative estimate of drug-likeness (QED) is 0.556. The smallest absolute Gasteiger partial charge is 0.0408 e. The largest absolute Gasteiger partial charge is 0.0843 e. The number of hydrogen-bond donors (Lipinski definition) is 0. The van der Waals surface area contributed by atoms with Gasteiger partial charge in [0, 0.05) is 5.02 Å². The maximum Gasteiger partial charge on any atom is 0.0408 e. The summed E-state index contributed by atoms with van der Waals surface area (Å²) in [6.45, 7) is 2.29. The maximum atomic E-state index is 5.87. The van der Waals surface area contributed by atoms with Crippen LogP contribution in [0.3, 0.4) is 0 Å². The molecule has 1 aliphatic rings. The molecule has 1 aromatic rings. The maximum absolute atomic E-state index is 5.87. The molecule has 0 amide bonds. The van der Waals surface area contributed by atoms with Crippen LogP contribution in [0, 0.1) is 5.92 Å². The molecule has 0 saturated carbocycles. The van der Waals surface area contributed by atoms with Gasteiger partial charge in [-0.05, 0) is 42.0 Å². The molecule has 1 unspecified atom stereocenters. The summed E-state index contributed by atoms with van der Waals surface area (Å²) in [5.74, 6) is 0.809. The Hall–Kier alpha value is -0.490. The third-order valence-electron chi connectivity index (χ3n) is 2.31. The second kappa shape index (κ2) is 2.53. The molecule has 1 atom stereocenters. The van der Waals surface area contributed by atoms with Crippen molar-refractivity contribution in [2.75, 3.05) is 0 Å². The molecule has 2 rings (SSSR count). The lowest BCUT2D eigenvalue weighted by Crippen LogP contribution is -1.89. The van der Waals surface area contributed by atoms with E-state index in [1.54, 1.807) is 0 Å². The van der Waals surface area contributed by atoms with E-state index in [4.69, 9.17) is 11.6 Å². The second-order valence-corrected chi connectivity index (χ2v) is 3.86. The molecule has 0 radical (unpaired) electrons. The molecule has 1 aliphatic carbocycles. The van der Waals surface area contributed by atoms with Gasteiger partial charge in [0.1, 0.15) is 0 Å². The topological polar surface area (TPSA) is 0 Å². The summed E-state index contributed by atoms with van der Waals surface area (Å²) < 4.78 is 0. The van der Waals surface area contributed by atoms with Crippen molar-refractivity contribution in [1.82, 2.24) is 0 Å². The van der Waals surface area contributed by atoms with Crippen LogP contribution in [-0.4, -0.2) is 0 Å². The average Bonchev–Trinajstić information content (AvgIpc) is 2.27. The molecular formula is C10H11Cl. The predicted molar refractivity (Wildman–Crippen MR) is 48.0 cm³/mol. The number of fused-ring (bicyclic) bond motifs is 1. The minimum absolute atomic E-state index is 0.809. The molecule has 1 heteroatoms. The molecule has 0 spiro atoms. The van der Waals surface area contributed by atoms with Gasteiger partial charge in [0.05, 0.1) is 0 Å². The SMILES string of the molecule is CC1Cc2ccc(Cl)cc2C1. The Bertz CT molecular complexity index is 278. The van der Waals surface area contributed by atoms with E-state index in [0.717, 1.165) is 10.9 Å². The van der Waals surface area contributed by atoms with Gasteiger partial charge in [0.25, 0.3) is 0 Å². The minimum atomic E-state index is 0.809. The summed E-state index contributed by atoms with van der Waals surface area (Å²) in [6.07, 6.45) is 2.43. The van der Waals surface area contributed by atoms with Gasteiger partial charge >= 0.3 is 0 Å². The third-order valence-corrected chi connectivity index (χ3v) is 2.54. The molecule has 0 nitrogen and oxygen atoms in total. The Morgan fingerprint density at radius 3 is 2.82 bits per heavy atom. The Balaban J connectivity index is 2.43. The van der Waals surface area contributed by atoms with E-state index in [1.165, 1.54) is 24.0 Å². The van der Waals surface area contributed by atoms with E-state index in [2.05, 4.69) is 19.1 Å². The predicted octanol–water partition coefficient (Wildman–Crippen LogP) is 3.07. The Labute approximate surface area is 72.2 Å². The summed E-state index contributed by atoms with van der Waals surface area (Å²) in [5, 5.41) is 0.873. The number of hydrogen-bond acceptors (Lipinski definition) is 0. The van der Waals surface area contributed by atoms with Gasteiger partial charge in [0.15, 0.2) is 0 Å². The normalized spacial score (nSPS) is 21.8. The zero-order chi connectivity index (χ0) is 7.84. The van der Waals surface area contributed by atoms with Crippen LogP contribution < -0.4 is 0 Å². The fourth-order valence-corrected chi connectivity index (χ4v) is 2.00. The Morgan fingerprint density at radius 2 is 2.00 bits per heavy atom. The summed E-state index contributed by atoms with van der Waals surface area (Å²) >= 11 is 5.87. The lowest BCUT2D eigenvalue weighted by molar-refractivity contribution is 0.628. The molecule has 11 heavy (non-hydrogen) atoms. The Kier molecular flexibility index (Phi) is 1.65. The molecule has 1 aromatic carbocycles. The van der Waals surface area contributed by atoms with Crippen LogP contribution >= 0.6 is 11.6 Å². The van der Waals surface area contributed by atoms with Gasteiger partial charge in [-0.15, -0.1) is 0 Å². The van der Waals surface area contributed by atoms with Crippen LogP contribution in [0.4, 0.5) is 0 Å². The lowest BCUT2D eigenvalue weighted by Gasteiger charge is -1.96. The highest BCUT2D eigenvalue weighted by atomic mass is 35.5. The molecule has 0 saturated heterocycles. The van der Waals surface area contributed by atoms with Gasteiger partial charge in [-0.25, -0.2) is 0 Å². The number of benzene rings is 1. The zero-order valence-electron chi connectivity index (χ0n) is 6.60. The van der Waals surface area contributed by atoms with Crippen molar-refractivity contribution in [2.24, 2.45) is 5.92 Å². The van der Waals surface area contributed by atoms with Gasteiger partial charge in [-0.2, -0.15) is 0 Å². The van der Waals surface area contributed by atoms with Crippen LogP contribution in [0.15, 0.2) is 18.2 Å². The first kappa shape index (κ1) is 7.17. The van der Waals surface area contributed by atoms with Crippen LogP contribution in [0.25, 0.3) is 0 Å². The molecule has 0 heterocycles. The van der Waals surface area contributed by atoms with E-state index in [1.807, 2.05) is 6.07 Å². The molecule has 0 N–H and O–H groups in total. The van der Waals surface area contributed by atoms with E-state index in [9.17, 15) is 0 Å². The first-order chi connectivity index (χ1) is 5.25. The van der Waals surface area contributed by atoms with Gasteiger partial charge in [-0.1, -0.05) is 24.6 Å². The standard InChI is InChI=1S/C10H11Cl/c1-7-4-8-2-3-10(11)6-9(8)5-7/h2-3,6-7H,4-5H2,1H3. The lowest BCUT2D eigenvalue weighted by atomic mass is 10.1. The molecule has 0 aliphatic heterocycles. The summed E-state index contributed by atoms with van der Waals surface area (Å²) in [4.78, 5) is 0. The molecule has 58 valence electrons. The highest BCUT2D eigenvalue weighted by molar-refractivity contribution is 6.30. The number of halogens is 1. The van der Waals surface area contributed by atoms with Crippen LogP contribution in [-0.2, 0) is 12.8 Å². The van der Waals surface area contributed by atoms with Crippen molar-refractivity contribution in [2.45, 2.75) is 19.8 Å². The van der Waals surface area contributed by atoms with E-state index < -0.39 is 0 Å². The van der Waals surface area contributed by atoms with Gasteiger partial charge in [-0.3, -0.25) is 0 Å². The highest BCUT2D eigenvalue weighted by Gasteiger charge is 2.16. The van der Waals surface area contributed by atoms with Crippen molar-refractivity contribution in [3.05, 3.63) is 34.3 Å². The molecule has 0 fully saturated rings. The van der Waals surface area contributed by atoms with Crippen molar-refractivity contribution in [1.29, 1.82) is 0 Å². The van der Waals surface area contributed by atoms with E-state index in [-0.39, 0.29) is 0 Å². The second-order valence-electron chi connectivity index (χ2n) is 3.43. The zero-order valence-corrected chi connectivity index (χ0v) is 7.36. The van der Waals surface area contributed by atoms with Crippen molar-refractivity contribution in [3.8, 4) is 0 Å². The first-order valence-corrected chi connectivity index (χ1v) is 4.41. The fourth-order valence-electron chi connectivity index (χ4n) is 1.81. The summed E-state index contributed by atoms with van der Waals surface area (Å²) in [6, 6.07) is 6.24. The monoisotopic (exact) mass is 166 g/mol. The highest BCUT2D eigenvalue weighted by Crippen LogP contribution is 2.28. The fraction of sp³-hybridized carbons (Fsp3) is 0.400. The van der Waals surface area contributed by atoms with Gasteiger partial charge < -0.3 is 0 Å². The Morgan fingerprint density at radius 1 is 1.27 bits per heavy atom. The van der Waals surface area contributed by atoms with Crippen molar-refractivity contribution >= 4 is 11.6 Å². The van der Waals surface area contributed by atoms with Crippen molar-refractivity contribution < 1.29 is 0 Å².